The number of nitrogens with one attached hydrogen (secondary N) is 3. The van der Waals surface area contributed by atoms with Gasteiger partial charge in [0, 0.05) is 6.07 Å². The van der Waals surface area contributed by atoms with Gasteiger partial charge in [-0.2, -0.15) is 0 Å². The van der Waals surface area contributed by atoms with E-state index >= 15 is 0 Å². The molecular formula is C22H25ClN4O2. The molecule has 0 atom stereocenters. The summed E-state index contributed by atoms with van der Waals surface area (Å²) in [5.74, 6) is 1.57. The van der Waals surface area contributed by atoms with Gasteiger partial charge in [0.2, 0.25) is 11.6 Å². The highest BCUT2D eigenvalue weighted by Gasteiger charge is 2.12. The number of carbonyl (C=O) groups excluding carboxylic acids is 1. The lowest BCUT2D eigenvalue weighted by molar-refractivity contribution is -0.342. The highest BCUT2D eigenvalue weighted by atomic mass is 35.5. The Hall–Kier alpha value is -3.25. The molecule has 2 aromatic carbocycles. The van der Waals surface area contributed by atoms with E-state index in [0.717, 1.165) is 5.82 Å². The number of hydrogen-bond acceptors (Lipinski definition) is 4. The van der Waals surface area contributed by atoms with Gasteiger partial charge in [-0.05, 0) is 55.7 Å². The second-order valence-electron chi connectivity index (χ2n) is 6.76. The number of aromatic amines is 1. The highest BCUT2D eigenvalue weighted by molar-refractivity contribution is 5.88. The molecule has 6 nitrogen and oxygen atoms in total. The van der Waals surface area contributed by atoms with Crippen LogP contribution in [-0.2, 0) is 6.54 Å². The van der Waals surface area contributed by atoms with Crippen molar-refractivity contribution in [3.8, 4) is 5.75 Å². The number of nitrogens with two attached hydrogens (primary N) is 1. The first-order chi connectivity index (χ1) is 13.4. The summed E-state index contributed by atoms with van der Waals surface area (Å²) in [7, 11) is 0. The van der Waals surface area contributed by atoms with Crippen molar-refractivity contribution in [3.05, 3.63) is 76.9 Å². The minimum Gasteiger partial charge on any atom is -1.00 e. The van der Waals surface area contributed by atoms with Gasteiger partial charge in [-0.15, -0.1) is 0 Å². The molecule has 0 saturated carbocycles. The van der Waals surface area contributed by atoms with E-state index in [1.54, 1.807) is 30.3 Å². The average molecular weight is 413 g/mol. The maximum atomic E-state index is 12.0. The predicted octanol–water partition coefficient (Wildman–Crippen LogP) is 1.24. The Kier molecular flexibility index (Phi) is 7.45. The second kappa shape index (κ2) is 9.80. The fourth-order valence-corrected chi connectivity index (χ4v) is 3.13. The number of anilines is 3. The molecule has 0 saturated heterocycles. The average Bonchev–Trinajstić information content (AvgIpc) is 2.64. The van der Waals surface area contributed by atoms with Crippen LogP contribution in [-0.4, -0.2) is 6.09 Å². The molecule has 1 aromatic heterocycles. The minimum absolute atomic E-state index is 0. The number of nitrogen functional groups attached to an aromatic ring is 1. The molecule has 0 unspecified atom stereocenters. The fraction of sp³-hybridized carbons (Fsp3) is 0.182. The summed E-state index contributed by atoms with van der Waals surface area (Å²) in [4.78, 5) is 15.1. The number of hydrogen-bond donors (Lipinski definition) is 3. The Morgan fingerprint density at radius 2 is 1.69 bits per heavy atom. The van der Waals surface area contributed by atoms with Crippen molar-refractivity contribution >= 4 is 23.4 Å². The molecule has 7 heteroatoms. The zero-order valence-corrected chi connectivity index (χ0v) is 17.4. The van der Waals surface area contributed by atoms with Gasteiger partial charge in [0.15, 0.2) is 0 Å². The van der Waals surface area contributed by atoms with Crippen LogP contribution in [0.1, 0.15) is 22.3 Å². The Morgan fingerprint density at radius 3 is 2.31 bits per heavy atom. The maximum absolute atomic E-state index is 12.0. The number of para-hydroxylation sites is 1. The number of pyridine rings is 1. The predicted molar refractivity (Wildman–Crippen MR) is 111 cm³/mol. The van der Waals surface area contributed by atoms with Crippen molar-refractivity contribution in [2.45, 2.75) is 27.3 Å². The normalized spacial score (nSPS) is 10.0. The van der Waals surface area contributed by atoms with Crippen LogP contribution in [0.3, 0.4) is 0 Å². The number of amides is 1. The molecule has 0 radical (unpaired) electrons. The van der Waals surface area contributed by atoms with E-state index < -0.39 is 6.09 Å². The van der Waals surface area contributed by atoms with Gasteiger partial charge >= 0.3 is 6.09 Å². The van der Waals surface area contributed by atoms with Gasteiger partial charge in [0.05, 0.1) is 6.54 Å². The Labute approximate surface area is 176 Å². The molecule has 1 amide bonds. The van der Waals surface area contributed by atoms with Crippen LogP contribution < -0.4 is 38.5 Å². The van der Waals surface area contributed by atoms with E-state index in [2.05, 4.69) is 48.5 Å². The largest absolute Gasteiger partial charge is 1.00 e. The summed E-state index contributed by atoms with van der Waals surface area (Å²) in [5.41, 5.74) is 11.5. The second-order valence-corrected chi connectivity index (χ2v) is 6.76. The van der Waals surface area contributed by atoms with E-state index in [4.69, 9.17) is 10.5 Å². The topological polar surface area (TPSA) is 90.5 Å². The molecular weight excluding hydrogens is 388 g/mol. The molecule has 5 N–H and O–H groups in total. The molecule has 3 aromatic rings. The smallest absolute Gasteiger partial charge is 0.417 e. The number of aryl methyl sites for hydroxylation is 3. The zero-order valence-electron chi connectivity index (χ0n) is 16.7. The van der Waals surface area contributed by atoms with Crippen LogP contribution in [0.4, 0.5) is 22.1 Å². The van der Waals surface area contributed by atoms with E-state index in [9.17, 15) is 4.79 Å². The van der Waals surface area contributed by atoms with Crippen LogP contribution in [0, 0.1) is 20.8 Å². The molecule has 0 aliphatic carbocycles. The summed E-state index contributed by atoms with van der Waals surface area (Å²) in [6.07, 6.45) is -0.599. The third-order valence-electron chi connectivity index (χ3n) is 4.46. The van der Waals surface area contributed by atoms with Crippen LogP contribution in [0.25, 0.3) is 0 Å². The Balaban J connectivity index is 0.00000300. The SMILES string of the molecule is Cc1cc(C)c(CNc2ccc(NC(=O)Oc3ccccc3)c(N)[nH+]2)c(C)c1.[Cl-]. The van der Waals surface area contributed by atoms with Gasteiger partial charge < -0.3 is 28.2 Å². The van der Waals surface area contributed by atoms with Gasteiger partial charge in [0.1, 0.15) is 11.4 Å². The van der Waals surface area contributed by atoms with Crippen LogP contribution >= 0.6 is 0 Å². The number of carbonyl (C=O) groups is 1. The Bertz CT molecular complexity index is 970. The van der Waals surface area contributed by atoms with Crippen LogP contribution in [0.15, 0.2) is 54.6 Å². The highest BCUT2D eigenvalue weighted by Crippen LogP contribution is 2.19. The number of ether oxygens (including phenoxy) is 1. The summed E-state index contributed by atoms with van der Waals surface area (Å²) >= 11 is 0. The van der Waals surface area contributed by atoms with Crippen molar-refractivity contribution in [3.63, 3.8) is 0 Å². The fourth-order valence-electron chi connectivity index (χ4n) is 3.13. The third-order valence-corrected chi connectivity index (χ3v) is 4.46. The number of H-pyrrole nitrogens is 1. The zero-order chi connectivity index (χ0) is 20.1. The summed E-state index contributed by atoms with van der Waals surface area (Å²) < 4.78 is 5.21. The Morgan fingerprint density at radius 1 is 1.03 bits per heavy atom. The van der Waals surface area contributed by atoms with E-state index in [0.29, 0.717) is 23.8 Å². The lowest BCUT2D eigenvalue weighted by atomic mass is 10.00. The number of aromatic nitrogens is 1. The lowest BCUT2D eigenvalue weighted by Crippen LogP contribution is -3.00. The molecule has 3 rings (SSSR count). The molecule has 0 spiro atoms. The van der Waals surface area contributed by atoms with Gasteiger partial charge in [-0.1, -0.05) is 35.9 Å². The summed E-state index contributed by atoms with van der Waals surface area (Å²) in [6, 6.07) is 16.8. The van der Waals surface area contributed by atoms with Crippen molar-refractivity contribution in [1.82, 2.24) is 0 Å². The van der Waals surface area contributed by atoms with Crippen molar-refractivity contribution < 1.29 is 26.9 Å². The molecule has 0 aliphatic heterocycles. The lowest BCUT2D eigenvalue weighted by Gasteiger charge is -2.11. The van der Waals surface area contributed by atoms with Crippen molar-refractivity contribution in [2.75, 3.05) is 16.4 Å². The van der Waals surface area contributed by atoms with Crippen molar-refractivity contribution in [1.29, 1.82) is 0 Å². The van der Waals surface area contributed by atoms with Gasteiger partial charge in [0.25, 0.3) is 0 Å². The maximum Gasteiger partial charge on any atom is 0.417 e. The molecule has 0 fully saturated rings. The minimum atomic E-state index is -0.599. The van der Waals surface area contributed by atoms with E-state index in [1.807, 2.05) is 12.1 Å². The first-order valence-electron chi connectivity index (χ1n) is 9.08. The molecule has 152 valence electrons. The molecule has 29 heavy (non-hydrogen) atoms. The van der Waals surface area contributed by atoms with E-state index in [1.165, 1.54) is 22.3 Å². The van der Waals surface area contributed by atoms with Crippen molar-refractivity contribution in [2.24, 2.45) is 0 Å². The van der Waals surface area contributed by atoms with Crippen LogP contribution in [0.2, 0.25) is 0 Å². The number of rotatable bonds is 5. The van der Waals surface area contributed by atoms with Gasteiger partial charge in [-0.3, -0.25) is 5.32 Å². The van der Waals surface area contributed by atoms with Gasteiger partial charge in [-0.25, -0.2) is 9.78 Å². The first-order valence-corrected chi connectivity index (χ1v) is 9.08. The number of benzene rings is 2. The molecule has 0 bridgehead atoms. The molecule has 0 aliphatic rings. The third kappa shape index (κ3) is 5.86. The molecule has 1 heterocycles. The monoisotopic (exact) mass is 412 g/mol. The summed E-state index contributed by atoms with van der Waals surface area (Å²) in [6.45, 7) is 7.00. The first kappa shape index (κ1) is 22.0. The van der Waals surface area contributed by atoms with Crippen LogP contribution in [0.5, 0.6) is 5.75 Å². The summed E-state index contributed by atoms with van der Waals surface area (Å²) in [5, 5.41) is 5.98. The standard InChI is InChI=1S/C22H24N4O2.ClH/c1-14-11-15(2)18(16(3)12-14)13-24-20-10-9-19(21(23)26-20)25-22(27)28-17-7-5-4-6-8-17;/h4-12H,13H2,1-3H3,(H,25,27)(H3,23,24,26);1H. The quantitative estimate of drug-likeness (QED) is 0.588. The number of halogens is 1. The van der Waals surface area contributed by atoms with E-state index in [-0.39, 0.29) is 12.4 Å².